The minimum atomic E-state index is -0.00731. The minimum absolute atomic E-state index is 0.00731. The highest BCUT2D eigenvalue weighted by Gasteiger charge is 2.07. The first kappa shape index (κ1) is 13.1. The maximum absolute atomic E-state index is 11.7. The van der Waals surface area contributed by atoms with Crippen LogP contribution in [0.2, 0.25) is 0 Å². The Labute approximate surface area is 111 Å². The summed E-state index contributed by atoms with van der Waals surface area (Å²) in [5.74, 6) is 0.569. The van der Waals surface area contributed by atoms with Crippen molar-refractivity contribution in [2.75, 3.05) is 5.73 Å². The quantitative estimate of drug-likeness (QED) is 0.825. The largest absolute Gasteiger partial charge is 0.384 e. The van der Waals surface area contributed by atoms with Crippen LogP contribution in [0.1, 0.15) is 17.5 Å². The highest BCUT2D eigenvalue weighted by molar-refractivity contribution is 5.76. The molecule has 0 aromatic carbocycles. The lowest BCUT2D eigenvalue weighted by Gasteiger charge is -2.05. The molecule has 3 N–H and O–H groups in total. The summed E-state index contributed by atoms with van der Waals surface area (Å²) in [6, 6.07) is 3.82. The zero-order valence-electron chi connectivity index (χ0n) is 10.8. The average molecular weight is 259 g/mol. The van der Waals surface area contributed by atoms with Gasteiger partial charge in [0.25, 0.3) is 0 Å². The first-order valence-electron chi connectivity index (χ1n) is 6.09. The molecule has 6 heteroatoms. The van der Waals surface area contributed by atoms with Gasteiger partial charge < -0.3 is 11.1 Å². The maximum atomic E-state index is 11.7. The molecular formula is C13H17N5O. The van der Waals surface area contributed by atoms with E-state index in [4.69, 9.17) is 5.73 Å². The van der Waals surface area contributed by atoms with E-state index in [9.17, 15) is 4.79 Å². The first-order chi connectivity index (χ1) is 9.16. The van der Waals surface area contributed by atoms with Crippen LogP contribution in [0, 0.1) is 0 Å². The number of carbonyl (C=O) groups is 1. The molecule has 0 unspecified atom stereocenters. The van der Waals surface area contributed by atoms with Gasteiger partial charge in [-0.3, -0.25) is 14.5 Å². The van der Waals surface area contributed by atoms with Crippen molar-refractivity contribution in [3.63, 3.8) is 0 Å². The number of rotatable bonds is 5. The minimum Gasteiger partial charge on any atom is -0.384 e. The van der Waals surface area contributed by atoms with Gasteiger partial charge >= 0.3 is 0 Å². The number of nitrogens with one attached hydrogen (secondary N) is 1. The maximum Gasteiger partial charge on any atom is 0.220 e. The number of nitrogens with two attached hydrogens (primary N) is 1. The Morgan fingerprint density at radius 1 is 1.47 bits per heavy atom. The average Bonchev–Trinajstić information content (AvgIpc) is 2.75. The van der Waals surface area contributed by atoms with Crippen molar-refractivity contribution >= 4 is 11.7 Å². The van der Waals surface area contributed by atoms with Crippen LogP contribution in [0.3, 0.4) is 0 Å². The second-order valence-corrected chi connectivity index (χ2v) is 4.32. The molecule has 2 rings (SSSR count). The molecule has 0 fully saturated rings. The number of pyridine rings is 1. The Hall–Kier alpha value is -2.37. The van der Waals surface area contributed by atoms with E-state index in [0.717, 1.165) is 11.1 Å². The van der Waals surface area contributed by atoms with Crippen molar-refractivity contribution in [2.24, 2.45) is 7.05 Å². The molecule has 2 aromatic heterocycles. The van der Waals surface area contributed by atoms with Gasteiger partial charge in [0.05, 0.1) is 6.20 Å². The van der Waals surface area contributed by atoms with E-state index in [-0.39, 0.29) is 5.91 Å². The molecule has 6 nitrogen and oxygen atoms in total. The highest BCUT2D eigenvalue weighted by Crippen LogP contribution is 2.08. The van der Waals surface area contributed by atoms with Gasteiger partial charge in [0, 0.05) is 38.0 Å². The van der Waals surface area contributed by atoms with Crippen molar-refractivity contribution in [2.45, 2.75) is 19.4 Å². The molecular weight excluding hydrogens is 242 g/mol. The third-order valence-electron chi connectivity index (χ3n) is 2.90. The number of aryl methyl sites for hydroxylation is 2. The van der Waals surface area contributed by atoms with Gasteiger partial charge in [-0.25, -0.2) is 0 Å². The van der Waals surface area contributed by atoms with Crippen molar-refractivity contribution in [3.8, 4) is 0 Å². The molecule has 100 valence electrons. The molecule has 0 aliphatic carbocycles. The third-order valence-corrected chi connectivity index (χ3v) is 2.90. The fourth-order valence-corrected chi connectivity index (χ4v) is 1.71. The molecule has 2 heterocycles. The van der Waals surface area contributed by atoms with Gasteiger partial charge in [-0.2, -0.15) is 5.10 Å². The molecule has 0 spiro atoms. The fraction of sp³-hybridized carbons (Fsp3) is 0.308. The number of anilines is 1. The molecule has 0 aliphatic rings. The fourth-order valence-electron chi connectivity index (χ4n) is 1.71. The Morgan fingerprint density at radius 3 is 2.95 bits per heavy atom. The Balaban J connectivity index is 1.78. The topological polar surface area (TPSA) is 85.8 Å². The number of nitrogen functional groups attached to an aromatic ring is 1. The number of carbonyl (C=O) groups excluding carboxylic acids is 1. The number of nitrogens with zero attached hydrogens (tertiary/aromatic N) is 3. The second-order valence-electron chi connectivity index (χ2n) is 4.32. The Morgan fingerprint density at radius 2 is 2.32 bits per heavy atom. The lowest BCUT2D eigenvalue weighted by atomic mass is 10.1. The molecule has 0 bridgehead atoms. The molecule has 0 aliphatic heterocycles. The molecule has 0 saturated carbocycles. The summed E-state index contributed by atoms with van der Waals surface area (Å²) in [4.78, 5) is 15.7. The number of amides is 1. The van der Waals surface area contributed by atoms with Crippen molar-refractivity contribution < 1.29 is 4.79 Å². The molecule has 1 amide bonds. The van der Waals surface area contributed by atoms with E-state index in [1.807, 2.05) is 12.1 Å². The van der Waals surface area contributed by atoms with Crippen molar-refractivity contribution in [1.29, 1.82) is 0 Å². The van der Waals surface area contributed by atoms with E-state index in [1.54, 1.807) is 30.3 Å². The van der Waals surface area contributed by atoms with Gasteiger partial charge in [0.1, 0.15) is 5.82 Å². The van der Waals surface area contributed by atoms with Crippen LogP contribution in [-0.4, -0.2) is 20.7 Å². The van der Waals surface area contributed by atoms with Crippen LogP contribution in [0.4, 0.5) is 5.82 Å². The second kappa shape index (κ2) is 5.99. The van der Waals surface area contributed by atoms with Gasteiger partial charge in [-0.05, 0) is 18.1 Å². The SMILES string of the molecule is Cn1ncc(CNC(=O)CCc2cccnc2)c1N. The summed E-state index contributed by atoms with van der Waals surface area (Å²) in [5, 5.41) is 6.85. The summed E-state index contributed by atoms with van der Waals surface area (Å²) >= 11 is 0. The van der Waals surface area contributed by atoms with Gasteiger partial charge in [-0.1, -0.05) is 6.07 Å². The van der Waals surface area contributed by atoms with Crippen LogP contribution in [0.25, 0.3) is 0 Å². The number of hydrogen-bond donors (Lipinski definition) is 2. The zero-order chi connectivity index (χ0) is 13.7. The van der Waals surface area contributed by atoms with E-state index >= 15 is 0 Å². The normalized spacial score (nSPS) is 10.4. The summed E-state index contributed by atoms with van der Waals surface area (Å²) < 4.78 is 1.58. The molecule has 0 saturated heterocycles. The highest BCUT2D eigenvalue weighted by atomic mass is 16.1. The third kappa shape index (κ3) is 3.54. The predicted molar refractivity (Wildman–Crippen MR) is 72.0 cm³/mol. The Kier molecular flexibility index (Phi) is 4.12. The predicted octanol–water partition coefficient (Wildman–Crippen LogP) is 0.646. The first-order valence-corrected chi connectivity index (χ1v) is 6.09. The lowest BCUT2D eigenvalue weighted by molar-refractivity contribution is -0.121. The summed E-state index contributed by atoms with van der Waals surface area (Å²) in [5.41, 5.74) is 7.68. The van der Waals surface area contributed by atoms with Crippen molar-refractivity contribution in [3.05, 3.63) is 41.9 Å². The monoisotopic (exact) mass is 259 g/mol. The number of aromatic nitrogens is 3. The van der Waals surface area contributed by atoms with E-state index in [1.165, 1.54) is 0 Å². The van der Waals surface area contributed by atoms with Crippen LogP contribution < -0.4 is 11.1 Å². The smallest absolute Gasteiger partial charge is 0.220 e. The van der Waals surface area contributed by atoms with Crippen LogP contribution >= 0.6 is 0 Å². The summed E-state index contributed by atoms with van der Waals surface area (Å²) in [6.45, 7) is 0.408. The standard InChI is InChI=1S/C13H17N5O/c1-18-13(14)11(9-17-18)8-16-12(19)5-4-10-3-2-6-15-7-10/h2-3,6-7,9H,4-5,8,14H2,1H3,(H,16,19). The van der Waals surface area contributed by atoms with Crippen LogP contribution in [0.15, 0.2) is 30.7 Å². The van der Waals surface area contributed by atoms with E-state index in [2.05, 4.69) is 15.4 Å². The van der Waals surface area contributed by atoms with Crippen molar-refractivity contribution in [1.82, 2.24) is 20.1 Å². The van der Waals surface area contributed by atoms with Crippen LogP contribution in [0.5, 0.6) is 0 Å². The molecule has 2 aromatic rings. The zero-order valence-corrected chi connectivity index (χ0v) is 10.8. The van der Waals surface area contributed by atoms with E-state index < -0.39 is 0 Å². The summed E-state index contributed by atoms with van der Waals surface area (Å²) in [6.07, 6.45) is 6.27. The van der Waals surface area contributed by atoms with Crippen LogP contribution in [-0.2, 0) is 24.8 Å². The van der Waals surface area contributed by atoms with Gasteiger partial charge in [0.2, 0.25) is 5.91 Å². The molecule has 0 radical (unpaired) electrons. The number of hydrogen-bond acceptors (Lipinski definition) is 4. The Bertz CT molecular complexity index is 549. The van der Waals surface area contributed by atoms with E-state index in [0.29, 0.717) is 25.2 Å². The lowest BCUT2D eigenvalue weighted by Crippen LogP contribution is -2.23. The van der Waals surface area contributed by atoms with Gasteiger partial charge in [-0.15, -0.1) is 0 Å². The van der Waals surface area contributed by atoms with Gasteiger partial charge in [0.15, 0.2) is 0 Å². The molecule has 19 heavy (non-hydrogen) atoms. The summed E-state index contributed by atoms with van der Waals surface area (Å²) in [7, 11) is 1.77. The molecule has 0 atom stereocenters.